The lowest BCUT2D eigenvalue weighted by atomic mass is 10.2. The summed E-state index contributed by atoms with van der Waals surface area (Å²) in [6.45, 7) is 1.27. The van der Waals surface area contributed by atoms with Gasteiger partial charge in [0.05, 0.1) is 31.5 Å². The highest BCUT2D eigenvalue weighted by molar-refractivity contribution is 6.30. The Morgan fingerprint density at radius 3 is 2.54 bits per heavy atom. The monoisotopic (exact) mass is 399 g/mol. The van der Waals surface area contributed by atoms with Crippen LogP contribution in [0.5, 0.6) is 17.2 Å². The van der Waals surface area contributed by atoms with E-state index < -0.39 is 0 Å². The van der Waals surface area contributed by atoms with E-state index in [1.807, 2.05) is 30.3 Å². The van der Waals surface area contributed by atoms with Gasteiger partial charge in [-0.2, -0.15) is 0 Å². The highest BCUT2D eigenvalue weighted by atomic mass is 35.5. The Kier molecular flexibility index (Phi) is 5.67. The maximum absolute atomic E-state index is 6.18. The van der Waals surface area contributed by atoms with Crippen LogP contribution in [-0.4, -0.2) is 30.3 Å². The number of hydrogen-bond donors (Lipinski definition) is 1. The molecule has 1 aliphatic rings. The summed E-state index contributed by atoms with van der Waals surface area (Å²) in [5.41, 5.74) is 1.57. The van der Waals surface area contributed by atoms with Crippen LogP contribution in [0.2, 0.25) is 5.02 Å². The van der Waals surface area contributed by atoms with Crippen LogP contribution in [0.3, 0.4) is 0 Å². The molecule has 2 bridgehead atoms. The largest absolute Gasteiger partial charge is 0.493 e. The zero-order valence-corrected chi connectivity index (χ0v) is 16.5. The molecule has 2 heterocycles. The number of benzene rings is 2. The predicted octanol–water partition coefficient (Wildman–Crippen LogP) is 5.37. The molecule has 0 spiro atoms. The van der Waals surface area contributed by atoms with E-state index in [0.29, 0.717) is 41.3 Å². The van der Waals surface area contributed by atoms with Crippen molar-refractivity contribution in [2.75, 3.05) is 25.6 Å². The molecule has 0 radical (unpaired) electrons. The van der Waals surface area contributed by atoms with Crippen molar-refractivity contribution in [3.63, 3.8) is 0 Å². The van der Waals surface area contributed by atoms with Crippen molar-refractivity contribution in [1.29, 1.82) is 0 Å². The molecule has 0 saturated carbocycles. The van der Waals surface area contributed by atoms with Crippen LogP contribution < -0.4 is 19.5 Å². The van der Waals surface area contributed by atoms with Crippen molar-refractivity contribution in [2.24, 2.45) is 0 Å². The molecule has 1 aromatic heterocycles. The molecular formula is C21H22ClN3O3. The fraction of sp³-hybridized carbons (Fsp3) is 0.333. The van der Waals surface area contributed by atoms with Crippen LogP contribution in [0.4, 0.5) is 11.5 Å². The van der Waals surface area contributed by atoms with Gasteiger partial charge in [-0.05, 0) is 43.9 Å². The second kappa shape index (κ2) is 8.52. The highest BCUT2D eigenvalue weighted by Crippen LogP contribution is 2.37. The zero-order chi connectivity index (χ0) is 19.3. The van der Waals surface area contributed by atoms with Gasteiger partial charge >= 0.3 is 0 Å². The predicted molar refractivity (Wildman–Crippen MR) is 110 cm³/mol. The summed E-state index contributed by atoms with van der Waals surface area (Å²) >= 11 is 6.18. The van der Waals surface area contributed by atoms with Gasteiger partial charge in [-0.15, -0.1) is 0 Å². The van der Waals surface area contributed by atoms with Crippen molar-refractivity contribution in [1.82, 2.24) is 9.97 Å². The first-order chi connectivity index (χ1) is 13.7. The first-order valence-electron chi connectivity index (χ1n) is 9.39. The number of rotatable bonds is 1. The number of methoxy groups -OCH3 is 1. The molecule has 0 aliphatic carbocycles. The molecule has 1 aliphatic heterocycles. The second-order valence-corrected chi connectivity index (χ2v) is 7.06. The zero-order valence-electron chi connectivity index (χ0n) is 15.7. The lowest BCUT2D eigenvalue weighted by Crippen LogP contribution is -2.02. The highest BCUT2D eigenvalue weighted by Gasteiger charge is 2.14. The molecule has 4 rings (SSSR count). The first-order valence-corrected chi connectivity index (χ1v) is 9.77. The van der Waals surface area contributed by atoms with Gasteiger partial charge in [-0.25, -0.2) is 9.97 Å². The van der Waals surface area contributed by atoms with Gasteiger partial charge in [0, 0.05) is 22.5 Å². The van der Waals surface area contributed by atoms with Crippen LogP contribution in [0, 0.1) is 0 Å². The molecule has 1 N–H and O–H groups in total. The van der Waals surface area contributed by atoms with Crippen molar-refractivity contribution < 1.29 is 14.2 Å². The fourth-order valence-corrected chi connectivity index (χ4v) is 3.37. The summed E-state index contributed by atoms with van der Waals surface area (Å²) in [5, 5.41) is 4.83. The average Bonchev–Trinajstić information content (AvgIpc) is 2.71. The molecule has 146 valence electrons. The Morgan fingerprint density at radius 1 is 0.964 bits per heavy atom. The molecular weight excluding hydrogens is 378 g/mol. The standard InChI is InChI=1S/C21H22ClN3O3/c1-26-19-12-17-15-11-20(19)28-9-5-3-2-4-8-27-18-10-14(22)6-7-16(18)25-21(15)24-13-23-17/h6-7,10-13H,2-5,8-9H2,1H3,(H,23,24,25). The van der Waals surface area contributed by atoms with E-state index in [9.17, 15) is 0 Å². The quantitative estimate of drug-likeness (QED) is 0.593. The topological polar surface area (TPSA) is 65.5 Å². The number of fused-ring (bicyclic) bond motifs is 2. The number of nitrogens with one attached hydrogen (secondary N) is 1. The summed E-state index contributed by atoms with van der Waals surface area (Å²) in [4.78, 5) is 8.80. The van der Waals surface area contributed by atoms with Crippen molar-refractivity contribution in [3.05, 3.63) is 41.7 Å². The number of aromatic nitrogens is 2. The third kappa shape index (κ3) is 4.07. The molecule has 2 aromatic carbocycles. The molecule has 0 amide bonds. The molecule has 0 saturated heterocycles. The molecule has 0 fully saturated rings. The summed E-state index contributed by atoms with van der Waals surface area (Å²) in [6, 6.07) is 9.33. The lowest BCUT2D eigenvalue weighted by Gasteiger charge is -2.15. The van der Waals surface area contributed by atoms with Gasteiger partial charge in [0.2, 0.25) is 0 Å². The minimum absolute atomic E-state index is 0.631. The van der Waals surface area contributed by atoms with Crippen molar-refractivity contribution in [2.45, 2.75) is 25.7 Å². The molecule has 3 aromatic rings. The first kappa shape index (κ1) is 18.6. The van der Waals surface area contributed by atoms with Crippen LogP contribution in [0.15, 0.2) is 36.7 Å². The van der Waals surface area contributed by atoms with Crippen LogP contribution in [0.1, 0.15) is 25.7 Å². The summed E-state index contributed by atoms with van der Waals surface area (Å²) in [6.07, 6.45) is 5.62. The number of halogens is 1. The lowest BCUT2D eigenvalue weighted by molar-refractivity contribution is 0.277. The average molecular weight is 400 g/mol. The van der Waals surface area contributed by atoms with E-state index in [1.54, 1.807) is 7.11 Å². The Hall–Kier alpha value is -2.73. The number of hydrogen-bond acceptors (Lipinski definition) is 6. The Morgan fingerprint density at radius 2 is 1.75 bits per heavy atom. The Bertz CT molecular complexity index is 981. The van der Waals surface area contributed by atoms with Crippen LogP contribution in [-0.2, 0) is 0 Å². The third-order valence-corrected chi connectivity index (χ3v) is 4.91. The Balaban J connectivity index is 1.80. The molecule has 28 heavy (non-hydrogen) atoms. The second-order valence-electron chi connectivity index (χ2n) is 6.62. The van der Waals surface area contributed by atoms with E-state index >= 15 is 0 Å². The number of ether oxygens (including phenoxy) is 3. The Labute approximate surface area is 168 Å². The van der Waals surface area contributed by atoms with Gasteiger partial charge in [0.25, 0.3) is 0 Å². The van der Waals surface area contributed by atoms with Gasteiger partial charge < -0.3 is 19.5 Å². The normalized spacial score (nSPS) is 14.8. The van der Waals surface area contributed by atoms with Crippen LogP contribution in [0.25, 0.3) is 10.9 Å². The van der Waals surface area contributed by atoms with E-state index in [0.717, 1.165) is 42.3 Å². The van der Waals surface area contributed by atoms with Gasteiger partial charge in [0.1, 0.15) is 17.9 Å². The summed E-state index contributed by atoms with van der Waals surface area (Å²) in [5.74, 6) is 2.73. The van der Waals surface area contributed by atoms with Crippen molar-refractivity contribution >= 4 is 34.0 Å². The fourth-order valence-electron chi connectivity index (χ4n) is 3.20. The van der Waals surface area contributed by atoms with Crippen molar-refractivity contribution in [3.8, 4) is 17.2 Å². The molecule has 0 unspecified atom stereocenters. The minimum Gasteiger partial charge on any atom is -0.493 e. The van der Waals surface area contributed by atoms with Gasteiger partial charge in [-0.3, -0.25) is 0 Å². The number of anilines is 2. The SMILES string of the molecule is COc1cc2ncnc3c2cc1OCCCCCCOc1cc(Cl)ccc1N3. The van der Waals surface area contributed by atoms with E-state index in [4.69, 9.17) is 25.8 Å². The van der Waals surface area contributed by atoms with Gasteiger partial charge in [-0.1, -0.05) is 11.6 Å². The smallest absolute Gasteiger partial charge is 0.162 e. The third-order valence-electron chi connectivity index (χ3n) is 4.67. The number of nitrogens with zero attached hydrogens (tertiary/aromatic N) is 2. The summed E-state index contributed by atoms with van der Waals surface area (Å²) in [7, 11) is 1.63. The van der Waals surface area contributed by atoms with Gasteiger partial charge in [0.15, 0.2) is 11.5 Å². The molecule has 0 atom stereocenters. The summed E-state index contributed by atoms with van der Waals surface area (Å²) < 4.78 is 17.5. The van der Waals surface area contributed by atoms with Crippen LogP contribution >= 0.6 is 11.6 Å². The minimum atomic E-state index is 0.631. The van der Waals surface area contributed by atoms with E-state index in [1.165, 1.54) is 6.33 Å². The maximum atomic E-state index is 6.18. The van der Waals surface area contributed by atoms with E-state index in [2.05, 4.69) is 15.3 Å². The van der Waals surface area contributed by atoms with E-state index in [-0.39, 0.29) is 0 Å². The molecule has 6 nitrogen and oxygen atoms in total. The maximum Gasteiger partial charge on any atom is 0.162 e. The molecule has 7 heteroatoms.